The minimum absolute atomic E-state index is 0.0915. The highest BCUT2D eigenvalue weighted by molar-refractivity contribution is 9.10. The summed E-state index contributed by atoms with van der Waals surface area (Å²) in [4.78, 5) is 18.1. The molecule has 0 fully saturated rings. The summed E-state index contributed by atoms with van der Waals surface area (Å²) in [6.45, 7) is 3.31. The van der Waals surface area contributed by atoms with Crippen molar-refractivity contribution in [3.63, 3.8) is 0 Å². The molecule has 1 aromatic carbocycles. The fraction of sp³-hybridized carbons (Fsp3) is 0.250. The van der Waals surface area contributed by atoms with Gasteiger partial charge in [0.05, 0.1) is 18.4 Å². The van der Waals surface area contributed by atoms with E-state index in [1.165, 1.54) is 12.1 Å². The molecule has 0 aliphatic heterocycles. The number of hydrogen-bond acceptors (Lipinski definition) is 3. The van der Waals surface area contributed by atoms with Gasteiger partial charge in [-0.1, -0.05) is 12.1 Å². The average molecular weight is 366 g/mol. The minimum atomic E-state index is -0.283. The normalized spacial score (nSPS) is 10.3. The Morgan fingerprint density at radius 3 is 2.68 bits per heavy atom. The Hall–Kier alpha value is -1.95. The van der Waals surface area contributed by atoms with Crippen molar-refractivity contribution < 1.29 is 9.18 Å². The van der Waals surface area contributed by atoms with Crippen LogP contribution in [-0.4, -0.2) is 24.0 Å². The predicted molar refractivity (Wildman–Crippen MR) is 88.1 cm³/mol. The summed E-state index contributed by atoms with van der Waals surface area (Å²) in [6, 6.07) is 8.00. The highest BCUT2D eigenvalue weighted by Crippen LogP contribution is 2.17. The molecule has 22 heavy (non-hydrogen) atoms. The third kappa shape index (κ3) is 4.80. The van der Waals surface area contributed by atoms with Crippen LogP contribution in [0.2, 0.25) is 0 Å². The second kappa shape index (κ2) is 7.89. The zero-order chi connectivity index (χ0) is 15.9. The van der Waals surface area contributed by atoms with Gasteiger partial charge < -0.3 is 10.2 Å². The van der Waals surface area contributed by atoms with E-state index in [-0.39, 0.29) is 18.3 Å². The van der Waals surface area contributed by atoms with Gasteiger partial charge in [0.25, 0.3) is 0 Å². The van der Waals surface area contributed by atoms with Gasteiger partial charge in [0.2, 0.25) is 5.91 Å². The molecule has 2 aromatic rings. The van der Waals surface area contributed by atoms with E-state index in [2.05, 4.69) is 26.2 Å². The fourth-order valence-electron chi connectivity index (χ4n) is 1.99. The van der Waals surface area contributed by atoms with Gasteiger partial charge >= 0.3 is 0 Å². The van der Waals surface area contributed by atoms with Crippen LogP contribution in [0.1, 0.15) is 12.5 Å². The van der Waals surface area contributed by atoms with Gasteiger partial charge in [0.1, 0.15) is 5.82 Å². The van der Waals surface area contributed by atoms with Crippen molar-refractivity contribution in [2.75, 3.05) is 18.0 Å². The topological polar surface area (TPSA) is 45.2 Å². The number of hydrogen-bond donors (Lipinski definition) is 1. The Kier molecular flexibility index (Phi) is 5.89. The minimum Gasteiger partial charge on any atom is -0.361 e. The monoisotopic (exact) mass is 365 g/mol. The first-order chi connectivity index (χ1) is 10.6. The number of rotatable bonds is 6. The third-order valence-electron chi connectivity index (χ3n) is 3.17. The van der Waals surface area contributed by atoms with Gasteiger partial charge in [-0.15, -0.1) is 0 Å². The maximum atomic E-state index is 12.8. The lowest BCUT2D eigenvalue weighted by Crippen LogP contribution is -2.37. The van der Waals surface area contributed by atoms with E-state index in [1.54, 1.807) is 24.5 Å². The lowest BCUT2D eigenvalue weighted by molar-refractivity contribution is -0.119. The first-order valence-corrected chi connectivity index (χ1v) is 7.74. The molecule has 0 spiro atoms. The molecule has 0 aliphatic rings. The number of nitrogens with one attached hydrogen (secondary N) is 1. The van der Waals surface area contributed by atoms with Crippen LogP contribution < -0.4 is 10.2 Å². The third-order valence-corrected chi connectivity index (χ3v) is 3.61. The molecule has 0 unspecified atom stereocenters. The lowest BCUT2D eigenvalue weighted by atomic mass is 10.2. The Morgan fingerprint density at radius 1 is 1.32 bits per heavy atom. The van der Waals surface area contributed by atoms with E-state index in [9.17, 15) is 9.18 Å². The van der Waals surface area contributed by atoms with Gasteiger partial charge in [0.15, 0.2) is 0 Å². The van der Waals surface area contributed by atoms with E-state index in [0.717, 1.165) is 15.7 Å². The van der Waals surface area contributed by atoms with Gasteiger partial charge in [0, 0.05) is 23.8 Å². The van der Waals surface area contributed by atoms with Gasteiger partial charge in [-0.05, 0) is 46.6 Å². The van der Waals surface area contributed by atoms with Crippen molar-refractivity contribution in [2.45, 2.75) is 13.5 Å². The second-order valence-corrected chi connectivity index (χ2v) is 5.69. The number of benzene rings is 1. The number of nitrogens with zero attached hydrogens (tertiary/aromatic N) is 2. The number of halogens is 2. The molecule has 0 saturated carbocycles. The summed E-state index contributed by atoms with van der Waals surface area (Å²) in [5.41, 5.74) is 1.75. The van der Waals surface area contributed by atoms with E-state index < -0.39 is 0 Å². The van der Waals surface area contributed by atoms with E-state index in [0.29, 0.717) is 13.1 Å². The molecule has 0 aliphatic carbocycles. The number of carbonyl (C=O) groups is 1. The molecule has 116 valence electrons. The molecule has 0 atom stereocenters. The molecule has 2 rings (SSSR count). The molecule has 0 saturated heterocycles. The van der Waals surface area contributed by atoms with Gasteiger partial charge in [-0.3, -0.25) is 9.78 Å². The standard InChI is InChI=1S/C16H17BrFN3O/c1-2-21(15-7-13(17)9-19-10-15)11-16(22)20-8-12-3-5-14(18)6-4-12/h3-7,9-10H,2,8,11H2,1H3,(H,20,22). The molecule has 1 N–H and O–H groups in total. The Morgan fingerprint density at radius 2 is 2.05 bits per heavy atom. The first kappa shape index (κ1) is 16.4. The molecule has 0 bridgehead atoms. The number of aromatic nitrogens is 1. The lowest BCUT2D eigenvalue weighted by Gasteiger charge is -2.22. The van der Waals surface area contributed by atoms with E-state index >= 15 is 0 Å². The van der Waals surface area contributed by atoms with Gasteiger partial charge in [-0.2, -0.15) is 0 Å². The van der Waals surface area contributed by atoms with Crippen molar-refractivity contribution in [3.8, 4) is 0 Å². The van der Waals surface area contributed by atoms with Crippen molar-refractivity contribution >= 4 is 27.5 Å². The van der Waals surface area contributed by atoms with Crippen LogP contribution in [-0.2, 0) is 11.3 Å². The first-order valence-electron chi connectivity index (χ1n) is 6.95. The number of carbonyl (C=O) groups excluding carboxylic acids is 1. The van der Waals surface area contributed by atoms with Crippen LogP contribution in [0, 0.1) is 5.82 Å². The summed E-state index contributed by atoms with van der Waals surface area (Å²) in [5, 5.41) is 2.83. The van der Waals surface area contributed by atoms with Crippen LogP contribution in [0.3, 0.4) is 0 Å². The van der Waals surface area contributed by atoms with Crippen LogP contribution in [0.4, 0.5) is 10.1 Å². The molecule has 1 aromatic heterocycles. The average Bonchev–Trinajstić information content (AvgIpc) is 2.52. The van der Waals surface area contributed by atoms with Crippen molar-refractivity contribution in [1.29, 1.82) is 0 Å². The number of pyridine rings is 1. The maximum absolute atomic E-state index is 12.8. The molecular weight excluding hydrogens is 349 g/mol. The summed E-state index contributed by atoms with van der Waals surface area (Å²) >= 11 is 3.37. The predicted octanol–water partition coefficient (Wildman–Crippen LogP) is 3.13. The molecule has 4 nitrogen and oxygen atoms in total. The fourth-order valence-corrected chi connectivity index (χ4v) is 2.34. The van der Waals surface area contributed by atoms with Crippen LogP contribution in [0.15, 0.2) is 47.2 Å². The highest BCUT2D eigenvalue weighted by atomic mass is 79.9. The quantitative estimate of drug-likeness (QED) is 0.855. The number of amides is 1. The summed E-state index contributed by atoms with van der Waals surface area (Å²) in [6.07, 6.45) is 3.42. The Bertz CT molecular complexity index is 634. The SMILES string of the molecule is CCN(CC(=O)NCc1ccc(F)cc1)c1cncc(Br)c1. The summed E-state index contributed by atoms with van der Waals surface area (Å²) in [7, 11) is 0. The maximum Gasteiger partial charge on any atom is 0.239 e. The van der Waals surface area contributed by atoms with Crippen molar-refractivity contribution in [1.82, 2.24) is 10.3 Å². The number of likely N-dealkylation sites (N-methyl/N-ethyl adjacent to an activating group) is 1. The van der Waals surface area contributed by atoms with Crippen molar-refractivity contribution in [3.05, 3.63) is 58.6 Å². The van der Waals surface area contributed by atoms with E-state index in [1.807, 2.05) is 17.9 Å². The molecule has 1 heterocycles. The summed E-state index contributed by atoms with van der Waals surface area (Å²) < 4.78 is 13.7. The largest absolute Gasteiger partial charge is 0.361 e. The summed E-state index contributed by atoms with van der Waals surface area (Å²) in [5.74, 6) is -0.375. The van der Waals surface area contributed by atoms with Crippen LogP contribution in [0.25, 0.3) is 0 Å². The van der Waals surface area contributed by atoms with Crippen LogP contribution in [0.5, 0.6) is 0 Å². The molecular formula is C16H17BrFN3O. The molecule has 1 amide bonds. The Balaban J connectivity index is 1.90. The zero-order valence-electron chi connectivity index (χ0n) is 12.2. The second-order valence-electron chi connectivity index (χ2n) is 4.78. The van der Waals surface area contributed by atoms with E-state index in [4.69, 9.17) is 0 Å². The highest BCUT2D eigenvalue weighted by Gasteiger charge is 2.10. The number of anilines is 1. The smallest absolute Gasteiger partial charge is 0.239 e. The molecule has 6 heteroatoms. The van der Waals surface area contributed by atoms with Crippen LogP contribution >= 0.6 is 15.9 Å². The van der Waals surface area contributed by atoms with Gasteiger partial charge in [-0.25, -0.2) is 4.39 Å². The zero-order valence-corrected chi connectivity index (χ0v) is 13.8. The van der Waals surface area contributed by atoms with Crippen molar-refractivity contribution in [2.24, 2.45) is 0 Å². The molecule has 0 radical (unpaired) electrons. The Labute approximate surface area is 137 Å².